The number of benzene rings is 10. The van der Waals surface area contributed by atoms with Crippen LogP contribution < -0.4 is 4.90 Å². The third-order valence-corrected chi connectivity index (χ3v) is 11.0. The number of furan rings is 1. The number of anilines is 3. The van der Waals surface area contributed by atoms with Crippen LogP contribution in [0.3, 0.4) is 0 Å². The molecule has 0 saturated carbocycles. The van der Waals surface area contributed by atoms with E-state index in [2.05, 4.69) is 193 Å². The van der Waals surface area contributed by atoms with E-state index in [0.29, 0.717) is 0 Å². The van der Waals surface area contributed by atoms with Crippen molar-refractivity contribution < 1.29 is 4.42 Å². The second-order valence-electron chi connectivity index (χ2n) is 14.1. The van der Waals surface area contributed by atoms with E-state index in [0.717, 1.165) is 39.0 Å². The third kappa shape index (κ3) is 4.96. The van der Waals surface area contributed by atoms with Gasteiger partial charge in [-0.2, -0.15) is 0 Å². The Labute approximate surface area is 312 Å². The van der Waals surface area contributed by atoms with E-state index in [1.165, 1.54) is 65.3 Å². The van der Waals surface area contributed by atoms with Gasteiger partial charge in [-0.1, -0.05) is 146 Å². The third-order valence-electron chi connectivity index (χ3n) is 11.0. The summed E-state index contributed by atoms with van der Waals surface area (Å²) < 4.78 is 6.41. The summed E-state index contributed by atoms with van der Waals surface area (Å²) in [5, 5.41) is 12.1. The lowest BCUT2D eigenvalue weighted by Crippen LogP contribution is -2.10. The predicted molar refractivity (Wildman–Crippen MR) is 229 cm³/mol. The van der Waals surface area contributed by atoms with E-state index in [9.17, 15) is 0 Å². The van der Waals surface area contributed by atoms with Crippen molar-refractivity contribution in [2.45, 2.75) is 0 Å². The van der Waals surface area contributed by atoms with Crippen LogP contribution in [-0.2, 0) is 0 Å². The SMILES string of the molecule is c1ccc2c(-c3ccc4cc(-c5ccc(N(c6ccc7c(c6)oc6ccccc67)c6cc7ccccc7c7ccccc67)cc5)ccc4c3)cccc2c1. The van der Waals surface area contributed by atoms with Crippen LogP contribution in [0.5, 0.6) is 0 Å². The van der Waals surface area contributed by atoms with Gasteiger partial charge in [-0.15, -0.1) is 0 Å². The molecule has 11 aromatic rings. The van der Waals surface area contributed by atoms with Crippen LogP contribution in [0.1, 0.15) is 0 Å². The van der Waals surface area contributed by atoms with Crippen molar-refractivity contribution in [2.24, 2.45) is 0 Å². The highest BCUT2D eigenvalue weighted by Gasteiger charge is 2.19. The molecule has 10 aromatic carbocycles. The molecule has 0 unspecified atom stereocenters. The Kier molecular flexibility index (Phi) is 6.90. The first-order valence-corrected chi connectivity index (χ1v) is 18.5. The largest absolute Gasteiger partial charge is 0.456 e. The van der Waals surface area contributed by atoms with Crippen LogP contribution in [0.4, 0.5) is 17.1 Å². The number of fused-ring (bicyclic) bond motifs is 8. The van der Waals surface area contributed by atoms with E-state index in [1.807, 2.05) is 12.1 Å². The first-order valence-electron chi connectivity index (χ1n) is 18.5. The van der Waals surface area contributed by atoms with E-state index < -0.39 is 0 Å². The number of rotatable bonds is 5. The molecule has 0 aliphatic heterocycles. The summed E-state index contributed by atoms with van der Waals surface area (Å²) >= 11 is 0. The first kappa shape index (κ1) is 30.5. The second-order valence-corrected chi connectivity index (χ2v) is 14.1. The van der Waals surface area contributed by atoms with Gasteiger partial charge in [0.25, 0.3) is 0 Å². The molecule has 0 aliphatic carbocycles. The van der Waals surface area contributed by atoms with Crippen LogP contribution in [0.25, 0.3) is 87.3 Å². The van der Waals surface area contributed by atoms with Crippen molar-refractivity contribution in [3.05, 3.63) is 200 Å². The minimum absolute atomic E-state index is 0.875. The van der Waals surface area contributed by atoms with Gasteiger partial charge in [0.15, 0.2) is 0 Å². The summed E-state index contributed by atoms with van der Waals surface area (Å²) in [6.45, 7) is 0. The minimum Gasteiger partial charge on any atom is -0.456 e. The Morgan fingerprint density at radius 2 is 0.889 bits per heavy atom. The van der Waals surface area contributed by atoms with Crippen molar-refractivity contribution in [1.82, 2.24) is 0 Å². The summed E-state index contributed by atoms with van der Waals surface area (Å²) in [6, 6.07) is 72.4. The van der Waals surface area contributed by atoms with Crippen LogP contribution in [0, 0.1) is 0 Å². The molecule has 2 heteroatoms. The first-order chi connectivity index (χ1) is 26.7. The summed E-state index contributed by atoms with van der Waals surface area (Å²) in [5.74, 6) is 0. The molecule has 2 nitrogen and oxygen atoms in total. The van der Waals surface area contributed by atoms with Crippen molar-refractivity contribution in [2.75, 3.05) is 4.90 Å². The highest BCUT2D eigenvalue weighted by molar-refractivity contribution is 6.15. The molecule has 0 bridgehead atoms. The van der Waals surface area contributed by atoms with E-state index in [4.69, 9.17) is 4.42 Å². The summed E-state index contributed by atoms with van der Waals surface area (Å²) in [4.78, 5) is 2.38. The topological polar surface area (TPSA) is 16.4 Å². The average molecular weight is 688 g/mol. The lowest BCUT2D eigenvalue weighted by atomic mass is 9.95. The second kappa shape index (κ2) is 12.2. The molecule has 1 aromatic heterocycles. The Bertz CT molecular complexity index is 3220. The lowest BCUT2D eigenvalue weighted by molar-refractivity contribution is 0.669. The van der Waals surface area contributed by atoms with Gasteiger partial charge in [-0.25, -0.2) is 0 Å². The monoisotopic (exact) mass is 687 g/mol. The maximum Gasteiger partial charge on any atom is 0.137 e. The van der Waals surface area contributed by atoms with Crippen LogP contribution in [-0.4, -0.2) is 0 Å². The van der Waals surface area contributed by atoms with E-state index in [1.54, 1.807) is 0 Å². The smallest absolute Gasteiger partial charge is 0.137 e. The van der Waals surface area contributed by atoms with Gasteiger partial charge < -0.3 is 9.32 Å². The van der Waals surface area contributed by atoms with Gasteiger partial charge >= 0.3 is 0 Å². The molecular weight excluding hydrogens is 655 g/mol. The maximum absolute atomic E-state index is 6.41. The number of nitrogens with zero attached hydrogens (tertiary/aromatic N) is 1. The van der Waals surface area contributed by atoms with Crippen LogP contribution >= 0.6 is 0 Å². The molecule has 54 heavy (non-hydrogen) atoms. The fourth-order valence-electron chi connectivity index (χ4n) is 8.37. The predicted octanol–water partition coefficient (Wildman–Crippen LogP) is 15.0. The highest BCUT2D eigenvalue weighted by atomic mass is 16.3. The Hall–Kier alpha value is -7.16. The van der Waals surface area contributed by atoms with Crippen molar-refractivity contribution in [3.8, 4) is 22.3 Å². The Balaban J connectivity index is 1.02. The summed E-state index contributed by atoms with van der Waals surface area (Å²) in [5.41, 5.74) is 9.89. The van der Waals surface area contributed by atoms with Gasteiger partial charge in [0.05, 0.1) is 5.69 Å². The Morgan fingerprint density at radius 3 is 1.72 bits per heavy atom. The molecule has 1 heterocycles. The average Bonchev–Trinajstić information content (AvgIpc) is 3.61. The molecule has 252 valence electrons. The van der Waals surface area contributed by atoms with Gasteiger partial charge in [0, 0.05) is 33.6 Å². The number of hydrogen-bond acceptors (Lipinski definition) is 2. The fraction of sp³-hybridized carbons (Fsp3) is 0. The fourth-order valence-corrected chi connectivity index (χ4v) is 8.37. The summed E-state index contributed by atoms with van der Waals surface area (Å²) in [7, 11) is 0. The molecule has 0 spiro atoms. The van der Waals surface area contributed by atoms with Gasteiger partial charge in [-0.05, 0) is 108 Å². The lowest BCUT2D eigenvalue weighted by Gasteiger charge is -2.27. The molecule has 0 amide bonds. The molecule has 11 rings (SSSR count). The maximum atomic E-state index is 6.41. The highest BCUT2D eigenvalue weighted by Crippen LogP contribution is 2.44. The molecule has 0 radical (unpaired) electrons. The molecular formula is C52H33NO. The molecule has 0 saturated heterocycles. The zero-order chi connectivity index (χ0) is 35.6. The van der Waals surface area contributed by atoms with E-state index in [-0.39, 0.29) is 0 Å². The number of hydrogen-bond donors (Lipinski definition) is 0. The van der Waals surface area contributed by atoms with Crippen LogP contribution in [0.15, 0.2) is 205 Å². The summed E-state index contributed by atoms with van der Waals surface area (Å²) in [6.07, 6.45) is 0. The normalized spacial score (nSPS) is 11.7. The van der Waals surface area contributed by atoms with Crippen LogP contribution in [0.2, 0.25) is 0 Å². The van der Waals surface area contributed by atoms with Crippen molar-refractivity contribution >= 4 is 82.1 Å². The van der Waals surface area contributed by atoms with Crippen molar-refractivity contribution in [1.29, 1.82) is 0 Å². The van der Waals surface area contributed by atoms with E-state index >= 15 is 0 Å². The zero-order valence-electron chi connectivity index (χ0n) is 29.4. The van der Waals surface area contributed by atoms with Gasteiger partial charge in [0.2, 0.25) is 0 Å². The Morgan fingerprint density at radius 1 is 0.296 bits per heavy atom. The van der Waals surface area contributed by atoms with Gasteiger partial charge in [0.1, 0.15) is 11.2 Å². The molecule has 0 atom stereocenters. The van der Waals surface area contributed by atoms with Crippen molar-refractivity contribution in [3.63, 3.8) is 0 Å². The minimum atomic E-state index is 0.875. The quantitative estimate of drug-likeness (QED) is 0.168. The standard InChI is InChI=1S/C52H33NO/c1-3-13-43-35(10-1)12-9-18-44(43)40-23-22-37-30-36(20-21-38(37)31-40)34-24-26-41(27-25-34)53(42-28-29-49-48-17-7-8-19-51(48)54-52(49)33-42)50-32-39-11-2-4-14-45(39)46-15-5-6-16-47(46)50/h1-33H. The zero-order valence-corrected chi connectivity index (χ0v) is 29.4. The number of para-hydroxylation sites is 1. The molecule has 0 N–H and O–H groups in total. The molecule has 0 fully saturated rings. The molecule has 0 aliphatic rings. The van der Waals surface area contributed by atoms with Gasteiger partial charge in [-0.3, -0.25) is 0 Å².